The molecule has 2 heterocycles. The highest BCUT2D eigenvalue weighted by Gasteiger charge is 2.58. The molecule has 2 fully saturated rings. The van der Waals surface area contributed by atoms with Gasteiger partial charge in [-0.3, -0.25) is 9.59 Å². The second-order valence-corrected chi connectivity index (χ2v) is 10.3. The molecule has 6 nitrogen and oxygen atoms in total. The molecular weight excluding hydrogens is 555 g/mol. The zero-order chi connectivity index (χ0) is 28.6. The van der Waals surface area contributed by atoms with E-state index in [0.29, 0.717) is 33.6 Å². The fourth-order valence-corrected chi connectivity index (χ4v) is 6.15. The van der Waals surface area contributed by atoms with E-state index in [2.05, 4.69) is 0 Å². The Balaban J connectivity index is 1.56. The maximum absolute atomic E-state index is 13.6. The molecule has 1 aliphatic carbocycles. The lowest BCUT2D eigenvalue weighted by Crippen LogP contribution is -2.44. The monoisotopic (exact) mass is 573 g/mol. The number of rotatable bonds is 2. The summed E-state index contributed by atoms with van der Waals surface area (Å²) in [6, 6.07) is 4.68. The van der Waals surface area contributed by atoms with Crippen molar-refractivity contribution in [2.45, 2.75) is 38.2 Å². The van der Waals surface area contributed by atoms with Crippen molar-refractivity contribution in [1.29, 1.82) is 0 Å². The van der Waals surface area contributed by atoms with Crippen LogP contribution in [0.25, 0.3) is 0 Å². The van der Waals surface area contributed by atoms with Gasteiger partial charge in [-0.05, 0) is 67.1 Å². The van der Waals surface area contributed by atoms with Crippen LogP contribution in [0.3, 0.4) is 0 Å². The number of benzene rings is 2. The fourth-order valence-electron chi connectivity index (χ4n) is 5.86. The number of hydrogen-bond donors (Lipinski definition) is 2. The first-order valence-corrected chi connectivity index (χ1v) is 12.1. The Labute approximate surface area is 222 Å². The summed E-state index contributed by atoms with van der Waals surface area (Å²) in [6.45, 7) is 1.62. The van der Waals surface area contributed by atoms with Crippen molar-refractivity contribution in [3.05, 3.63) is 69.2 Å². The lowest BCUT2D eigenvalue weighted by molar-refractivity contribution is -0.143. The molecule has 2 aromatic rings. The minimum atomic E-state index is -5.17. The SMILES string of the molecule is CC1=C2B(O)O[C@H](c3ccc(O)cc3Cl)C[C@H]2[C@H]2C(=O)N(c3cc(C(F)(F)F)cc(C(F)(F)F)c3)C(=O)[C@H]2C1. The van der Waals surface area contributed by atoms with Gasteiger partial charge in [-0.1, -0.05) is 23.2 Å². The molecule has 3 aliphatic rings. The molecular formula is C25H19BClF6NO5. The topological polar surface area (TPSA) is 87.1 Å². The Bertz CT molecular complexity index is 1380. The fraction of sp³-hybridized carbons (Fsp3) is 0.360. The lowest BCUT2D eigenvalue weighted by Gasteiger charge is -2.41. The molecule has 0 spiro atoms. The molecule has 2 aliphatic heterocycles. The van der Waals surface area contributed by atoms with Gasteiger partial charge in [0.2, 0.25) is 11.8 Å². The van der Waals surface area contributed by atoms with Gasteiger partial charge in [-0.2, -0.15) is 26.3 Å². The highest BCUT2D eigenvalue weighted by Crippen LogP contribution is 2.53. The number of anilines is 1. The Hall–Kier alpha value is -3.03. The van der Waals surface area contributed by atoms with Crippen LogP contribution in [0.5, 0.6) is 5.75 Å². The standard InChI is InChI=1S/C25H19BClF6NO5/c1-10-4-17-20(16-9-19(39-26(38)21(10)16)15-3-2-14(35)8-18(15)27)23(37)34(22(17)36)13-6-11(24(28,29)30)5-12(7-13)25(31,32)33/h2-3,5-8,16-17,19-20,35,38H,4,9H2,1H3/t16-,17-,19-,20+/m0/s1. The first-order valence-electron chi connectivity index (χ1n) is 11.8. The summed E-state index contributed by atoms with van der Waals surface area (Å²) in [4.78, 5) is 27.4. The van der Waals surface area contributed by atoms with E-state index in [0.717, 1.165) is 0 Å². The van der Waals surface area contributed by atoms with Crippen LogP contribution in [0, 0.1) is 17.8 Å². The van der Waals surface area contributed by atoms with E-state index in [1.807, 2.05) is 0 Å². The average molecular weight is 574 g/mol. The third kappa shape index (κ3) is 4.70. The summed E-state index contributed by atoms with van der Waals surface area (Å²) >= 11 is 6.24. The van der Waals surface area contributed by atoms with Gasteiger partial charge in [0.1, 0.15) is 5.75 Å². The third-order valence-corrected chi connectivity index (χ3v) is 7.84. The number of nitrogens with zero attached hydrogens (tertiary/aromatic N) is 1. The number of halogens is 7. The molecule has 2 saturated heterocycles. The van der Waals surface area contributed by atoms with Crippen LogP contribution < -0.4 is 4.90 Å². The van der Waals surface area contributed by atoms with E-state index < -0.39 is 72.0 Å². The molecule has 2 aromatic carbocycles. The van der Waals surface area contributed by atoms with Crippen LogP contribution in [-0.4, -0.2) is 29.1 Å². The first kappa shape index (κ1) is 27.5. The van der Waals surface area contributed by atoms with E-state index in [4.69, 9.17) is 16.3 Å². The Morgan fingerprint density at radius 3 is 2.15 bits per heavy atom. The quantitative estimate of drug-likeness (QED) is 0.273. The maximum atomic E-state index is 13.6. The molecule has 5 rings (SSSR count). The smallest absolute Gasteiger partial charge is 0.487 e. The highest BCUT2D eigenvalue weighted by molar-refractivity contribution is 6.53. The van der Waals surface area contributed by atoms with Gasteiger partial charge >= 0.3 is 19.5 Å². The van der Waals surface area contributed by atoms with Gasteiger partial charge in [0, 0.05) is 5.02 Å². The van der Waals surface area contributed by atoms with Crippen molar-refractivity contribution < 1.29 is 50.7 Å². The van der Waals surface area contributed by atoms with Gasteiger partial charge in [0.05, 0.1) is 34.8 Å². The highest BCUT2D eigenvalue weighted by atomic mass is 35.5. The molecule has 4 atom stereocenters. The van der Waals surface area contributed by atoms with Crippen LogP contribution in [0.2, 0.25) is 5.02 Å². The van der Waals surface area contributed by atoms with Gasteiger partial charge < -0.3 is 14.8 Å². The minimum absolute atomic E-state index is 0.0340. The number of fused-ring (bicyclic) bond motifs is 3. The zero-order valence-corrected chi connectivity index (χ0v) is 20.7. The zero-order valence-electron chi connectivity index (χ0n) is 20.0. The average Bonchev–Trinajstić information content (AvgIpc) is 3.06. The van der Waals surface area contributed by atoms with E-state index in [1.54, 1.807) is 6.92 Å². The summed E-state index contributed by atoms with van der Waals surface area (Å²) in [7, 11) is -1.50. The molecule has 14 heteroatoms. The molecule has 2 amide bonds. The molecule has 2 N–H and O–H groups in total. The number of carbonyl (C=O) groups excluding carboxylic acids is 2. The largest absolute Gasteiger partial charge is 0.508 e. The van der Waals surface area contributed by atoms with Gasteiger partial charge in [0.25, 0.3) is 0 Å². The van der Waals surface area contributed by atoms with Crippen molar-refractivity contribution in [3.8, 4) is 5.75 Å². The number of hydrogen-bond acceptors (Lipinski definition) is 5. The summed E-state index contributed by atoms with van der Waals surface area (Å²) in [6.07, 6.45) is -11.2. The maximum Gasteiger partial charge on any atom is 0.487 e. The normalized spacial score (nSPS) is 25.8. The van der Waals surface area contributed by atoms with Crippen molar-refractivity contribution in [2.24, 2.45) is 17.8 Å². The lowest BCUT2D eigenvalue weighted by atomic mass is 9.55. The van der Waals surface area contributed by atoms with Crippen molar-refractivity contribution in [1.82, 2.24) is 0 Å². The Kier molecular flexibility index (Phi) is 6.55. The number of aromatic hydroxyl groups is 1. The number of amides is 2. The number of allylic oxidation sites excluding steroid dienone is 2. The van der Waals surface area contributed by atoms with Crippen molar-refractivity contribution in [2.75, 3.05) is 4.90 Å². The molecule has 0 bridgehead atoms. The Morgan fingerprint density at radius 1 is 0.974 bits per heavy atom. The molecule has 0 aromatic heterocycles. The van der Waals surface area contributed by atoms with Gasteiger partial charge in [0.15, 0.2) is 0 Å². The van der Waals surface area contributed by atoms with Crippen LogP contribution >= 0.6 is 11.6 Å². The Morgan fingerprint density at radius 2 is 1.59 bits per heavy atom. The van der Waals surface area contributed by atoms with E-state index in [1.165, 1.54) is 18.2 Å². The number of imide groups is 1. The van der Waals surface area contributed by atoms with Gasteiger partial charge in [-0.15, -0.1) is 0 Å². The predicted octanol–water partition coefficient (Wildman–Crippen LogP) is 5.71. The second kappa shape index (κ2) is 9.28. The molecule has 39 heavy (non-hydrogen) atoms. The van der Waals surface area contributed by atoms with E-state index >= 15 is 0 Å². The number of phenols is 1. The number of carbonyl (C=O) groups is 2. The van der Waals surface area contributed by atoms with Crippen molar-refractivity contribution >= 4 is 36.2 Å². The molecule has 0 unspecified atom stereocenters. The minimum Gasteiger partial charge on any atom is -0.508 e. The number of phenolic OH excluding ortho intramolecular Hbond substituents is 1. The number of alkyl halides is 6. The van der Waals surface area contributed by atoms with Crippen LogP contribution in [0.4, 0.5) is 32.0 Å². The summed E-state index contributed by atoms with van der Waals surface area (Å²) < 4.78 is 86.5. The van der Waals surface area contributed by atoms with E-state index in [9.17, 15) is 46.1 Å². The second-order valence-electron chi connectivity index (χ2n) is 9.87. The van der Waals surface area contributed by atoms with E-state index in [-0.39, 0.29) is 29.7 Å². The summed E-state index contributed by atoms with van der Waals surface area (Å²) in [5.41, 5.74) is -2.87. The van der Waals surface area contributed by atoms with Crippen LogP contribution in [0.15, 0.2) is 47.4 Å². The van der Waals surface area contributed by atoms with Crippen LogP contribution in [-0.2, 0) is 26.6 Å². The third-order valence-electron chi connectivity index (χ3n) is 7.52. The predicted molar refractivity (Wildman–Crippen MR) is 126 cm³/mol. The summed E-state index contributed by atoms with van der Waals surface area (Å²) in [5, 5.41) is 20.6. The molecule has 0 radical (unpaired) electrons. The van der Waals surface area contributed by atoms with Crippen molar-refractivity contribution in [3.63, 3.8) is 0 Å². The van der Waals surface area contributed by atoms with Gasteiger partial charge in [-0.25, -0.2) is 4.90 Å². The summed E-state index contributed by atoms with van der Waals surface area (Å²) in [5.74, 6) is -5.03. The first-order chi connectivity index (χ1) is 18.1. The van der Waals surface area contributed by atoms with Crippen LogP contribution in [0.1, 0.15) is 42.6 Å². The molecule has 206 valence electrons. The molecule has 0 saturated carbocycles.